The largest absolute Gasteiger partial charge is 0.454 e. The lowest BCUT2D eigenvalue weighted by Crippen LogP contribution is -2.35. The minimum atomic E-state index is -0.668. The second-order valence-electron chi connectivity index (χ2n) is 5.84. The van der Waals surface area contributed by atoms with Crippen LogP contribution in [0.3, 0.4) is 0 Å². The number of ether oxygens (including phenoxy) is 2. The second-order valence-corrected chi connectivity index (χ2v) is 8.04. The van der Waals surface area contributed by atoms with Crippen molar-refractivity contribution in [2.45, 2.75) is 4.34 Å². The normalized spacial score (nSPS) is 11.8. The molecule has 0 aliphatic carbocycles. The third-order valence-electron chi connectivity index (χ3n) is 3.73. The Hall–Kier alpha value is -3.38. The van der Waals surface area contributed by atoms with E-state index >= 15 is 0 Å². The first-order valence-corrected chi connectivity index (χ1v) is 10.4. The molecule has 1 aromatic heterocycles. The maximum atomic E-state index is 13.7. The average Bonchev–Trinajstić information content (AvgIpc) is 3.37. The molecule has 30 heavy (non-hydrogen) atoms. The molecule has 3 amide bonds. The molecule has 0 unspecified atom stereocenters. The maximum Gasteiger partial charge on any atom is 0.325 e. The van der Waals surface area contributed by atoms with Crippen LogP contribution in [0.2, 0.25) is 0 Å². The van der Waals surface area contributed by atoms with Crippen LogP contribution >= 0.6 is 23.1 Å². The van der Waals surface area contributed by atoms with Gasteiger partial charge in [-0.3, -0.25) is 10.1 Å². The first-order chi connectivity index (χ1) is 14.6. The van der Waals surface area contributed by atoms with Crippen LogP contribution in [0.25, 0.3) is 0 Å². The molecule has 3 N–H and O–H groups in total. The van der Waals surface area contributed by atoms with Gasteiger partial charge in [0.05, 0.1) is 11.4 Å². The van der Waals surface area contributed by atoms with E-state index < -0.39 is 17.8 Å². The number of hydrogen-bond donors (Lipinski definition) is 3. The summed E-state index contributed by atoms with van der Waals surface area (Å²) in [5, 5.41) is 15.9. The number of anilines is 3. The van der Waals surface area contributed by atoms with Crippen LogP contribution in [0.15, 0.2) is 46.8 Å². The molecular formula is C18H14FN5O4S2. The first kappa shape index (κ1) is 19.9. The van der Waals surface area contributed by atoms with Crippen LogP contribution in [0.1, 0.15) is 0 Å². The molecule has 0 saturated carbocycles. The Kier molecular flexibility index (Phi) is 5.95. The van der Waals surface area contributed by atoms with Crippen LogP contribution < -0.4 is 25.4 Å². The highest BCUT2D eigenvalue weighted by atomic mass is 32.2. The van der Waals surface area contributed by atoms with E-state index in [1.807, 2.05) is 0 Å². The smallest absolute Gasteiger partial charge is 0.325 e. The van der Waals surface area contributed by atoms with Crippen molar-refractivity contribution in [2.24, 2.45) is 0 Å². The van der Waals surface area contributed by atoms with Crippen molar-refractivity contribution in [3.05, 3.63) is 48.3 Å². The number of halogens is 1. The fourth-order valence-corrected chi connectivity index (χ4v) is 3.99. The molecule has 0 spiro atoms. The summed E-state index contributed by atoms with van der Waals surface area (Å²) in [5.41, 5.74) is 0.744. The van der Waals surface area contributed by atoms with Gasteiger partial charge < -0.3 is 20.1 Å². The SMILES string of the molecule is O=C(CSc1nnc(Nc2ccccc2F)s1)NC(=O)Nc1ccc2c(c1)OCO2. The number of aromatic nitrogens is 2. The Morgan fingerprint density at radius 1 is 1.13 bits per heavy atom. The second kappa shape index (κ2) is 8.97. The average molecular weight is 447 g/mol. The molecule has 2 heterocycles. The van der Waals surface area contributed by atoms with Crippen LogP contribution in [0.5, 0.6) is 11.5 Å². The number of rotatable bonds is 6. The zero-order valence-corrected chi connectivity index (χ0v) is 16.8. The molecule has 1 aliphatic heterocycles. The van der Waals surface area contributed by atoms with Crippen LogP contribution in [-0.2, 0) is 4.79 Å². The zero-order valence-electron chi connectivity index (χ0n) is 15.2. The lowest BCUT2D eigenvalue weighted by molar-refractivity contribution is -0.117. The summed E-state index contributed by atoms with van der Waals surface area (Å²) in [6.45, 7) is 0.129. The fourth-order valence-electron chi connectivity index (χ4n) is 2.42. The number of nitrogens with zero attached hydrogens (tertiary/aromatic N) is 2. The van der Waals surface area contributed by atoms with E-state index in [0.29, 0.717) is 26.7 Å². The highest BCUT2D eigenvalue weighted by molar-refractivity contribution is 8.01. The molecule has 3 aromatic rings. The number of hydrogen-bond acceptors (Lipinski definition) is 9. The van der Waals surface area contributed by atoms with Gasteiger partial charge in [-0.15, -0.1) is 10.2 Å². The molecule has 0 bridgehead atoms. The number of thioether (sulfide) groups is 1. The number of carbonyl (C=O) groups excluding carboxylic acids is 2. The molecule has 12 heteroatoms. The standard InChI is InChI=1S/C18H14FN5O4S2/c19-11-3-1-2-4-12(11)21-17-23-24-18(30-17)29-8-15(25)22-16(26)20-10-5-6-13-14(7-10)28-9-27-13/h1-7H,8-9H2,(H,21,23)(H2,20,22,25,26). The van der Waals surface area contributed by atoms with E-state index in [1.54, 1.807) is 36.4 Å². The number of nitrogens with one attached hydrogen (secondary N) is 3. The lowest BCUT2D eigenvalue weighted by Gasteiger charge is -2.07. The number of amides is 3. The van der Waals surface area contributed by atoms with Crippen LogP contribution in [0.4, 0.5) is 25.7 Å². The predicted molar refractivity (Wildman–Crippen MR) is 110 cm³/mol. The number of para-hydroxylation sites is 1. The molecule has 0 atom stereocenters. The number of carbonyl (C=O) groups is 2. The van der Waals surface area contributed by atoms with E-state index in [9.17, 15) is 14.0 Å². The summed E-state index contributed by atoms with van der Waals surface area (Å²) in [6.07, 6.45) is 0. The summed E-state index contributed by atoms with van der Waals surface area (Å²) in [6, 6.07) is 10.4. The number of urea groups is 1. The highest BCUT2D eigenvalue weighted by Crippen LogP contribution is 2.34. The van der Waals surface area contributed by atoms with Crippen molar-refractivity contribution in [1.29, 1.82) is 0 Å². The van der Waals surface area contributed by atoms with Gasteiger partial charge in [0, 0.05) is 11.8 Å². The Morgan fingerprint density at radius 2 is 1.97 bits per heavy atom. The number of benzene rings is 2. The van der Waals surface area contributed by atoms with Gasteiger partial charge in [-0.05, 0) is 24.3 Å². The monoisotopic (exact) mass is 447 g/mol. The Balaban J connectivity index is 1.24. The number of imide groups is 1. The molecule has 9 nitrogen and oxygen atoms in total. The summed E-state index contributed by atoms with van der Waals surface area (Å²) >= 11 is 2.28. The van der Waals surface area contributed by atoms with E-state index in [-0.39, 0.29) is 18.2 Å². The van der Waals surface area contributed by atoms with Gasteiger partial charge in [-0.1, -0.05) is 35.2 Å². The predicted octanol–water partition coefficient (Wildman–Crippen LogP) is 3.59. The van der Waals surface area contributed by atoms with Gasteiger partial charge in [0.2, 0.25) is 17.8 Å². The molecule has 0 fully saturated rings. The lowest BCUT2D eigenvalue weighted by atomic mass is 10.3. The third-order valence-corrected chi connectivity index (χ3v) is 5.70. The Labute approximate surface area is 178 Å². The fraction of sp³-hybridized carbons (Fsp3) is 0.111. The van der Waals surface area contributed by atoms with Crippen LogP contribution in [0, 0.1) is 5.82 Å². The van der Waals surface area contributed by atoms with Crippen molar-refractivity contribution < 1.29 is 23.5 Å². The van der Waals surface area contributed by atoms with Gasteiger partial charge in [-0.25, -0.2) is 9.18 Å². The van der Waals surface area contributed by atoms with E-state index in [2.05, 4.69) is 26.1 Å². The van der Waals surface area contributed by atoms with Gasteiger partial charge in [0.15, 0.2) is 15.8 Å². The van der Waals surface area contributed by atoms with Gasteiger partial charge in [0.1, 0.15) is 5.82 Å². The summed E-state index contributed by atoms with van der Waals surface area (Å²) in [5.74, 6) is 0.162. The Morgan fingerprint density at radius 3 is 2.83 bits per heavy atom. The van der Waals surface area contributed by atoms with Crippen molar-refractivity contribution >= 4 is 51.5 Å². The summed E-state index contributed by atoms with van der Waals surface area (Å²) in [7, 11) is 0. The topological polar surface area (TPSA) is 114 Å². The Bertz CT molecular complexity index is 1090. The highest BCUT2D eigenvalue weighted by Gasteiger charge is 2.15. The van der Waals surface area contributed by atoms with E-state index in [0.717, 1.165) is 11.8 Å². The zero-order chi connectivity index (χ0) is 20.9. The van der Waals surface area contributed by atoms with Crippen molar-refractivity contribution in [1.82, 2.24) is 15.5 Å². The van der Waals surface area contributed by atoms with E-state index in [4.69, 9.17) is 9.47 Å². The first-order valence-electron chi connectivity index (χ1n) is 8.55. The van der Waals surface area contributed by atoms with Gasteiger partial charge in [0.25, 0.3) is 0 Å². The van der Waals surface area contributed by atoms with Crippen molar-refractivity contribution in [3.8, 4) is 11.5 Å². The summed E-state index contributed by atoms with van der Waals surface area (Å²) < 4.78 is 24.6. The molecular weight excluding hydrogens is 433 g/mol. The van der Waals surface area contributed by atoms with Gasteiger partial charge >= 0.3 is 6.03 Å². The molecule has 4 rings (SSSR count). The maximum absolute atomic E-state index is 13.7. The van der Waals surface area contributed by atoms with Crippen LogP contribution in [-0.4, -0.2) is 34.7 Å². The minimum absolute atomic E-state index is 0.0388. The quantitative estimate of drug-likeness (QED) is 0.491. The summed E-state index contributed by atoms with van der Waals surface area (Å²) in [4.78, 5) is 24.0. The van der Waals surface area contributed by atoms with E-state index in [1.165, 1.54) is 17.4 Å². The molecule has 154 valence electrons. The third kappa shape index (κ3) is 4.96. The molecule has 0 radical (unpaired) electrons. The van der Waals surface area contributed by atoms with Gasteiger partial charge in [-0.2, -0.15) is 0 Å². The molecule has 2 aromatic carbocycles. The minimum Gasteiger partial charge on any atom is -0.454 e. The van der Waals surface area contributed by atoms with Crippen molar-refractivity contribution in [2.75, 3.05) is 23.2 Å². The number of fused-ring (bicyclic) bond motifs is 1. The van der Waals surface area contributed by atoms with Crippen molar-refractivity contribution in [3.63, 3.8) is 0 Å². The molecule has 1 aliphatic rings. The molecule has 0 saturated heterocycles.